The number of fused-ring (bicyclic) bond motifs is 7. The summed E-state index contributed by atoms with van der Waals surface area (Å²) in [6.45, 7) is 14.0. The molecule has 0 spiro atoms. The first kappa shape index (κ1) is 58.1. The van der Waals surface area contributed by atoms with Crippen LogP contribution in [0.5, 0.6) is 0 Å². The Morgan fingerprint density at radius 1 is 0.587 bits per heavy atom. The van der Waals surface area contributed by atoms with E-state index in [-0.39, 0.29) is 46.0 Å². The number of allylic oxidation sites excluding steroid dienone is 2. The number of carbonyl (C=O) groups is 1. The summed E-state index contributed by atoms with van der Waals surface area (Å²) in [5.41, 5.74) is -0.820. The molecule has 0 radical (unpaired) electrons. The third-order valence-corrected chi connectivity index (χ3v) is 21.0. The van der Waals surface area contributed by atoms with Crippen LogP contribution < -0.4 is 0 Å². The van der Waals surface area contributed by atoms with Gasteiger partial charge in [0.15, 0.2) is 18.9 Å². The number of carbonyl (C=O) groups excluding carboxylic acids is 1. The molecule has 9 aliphatic rings. The fourth-order valence-electron chi connectivity index (χ4n) is 16.0. The fourth-order valence-corrected chi connectivity index (χ4v) is 16.0. The molecule has 27 unspecified atom stereocenters. The molecule has 13 N–H and O–H groups in total. The maximum Gasteiger partial charge on any atom is 0.315 e. The van der Waals surface area contributed by atoms with Gasteiger partial charge >= 0.3 is 5.97 Å². The first-order chi connectivity index (χ1) is 35.1. The van der Waals surface area contributed by atoms with Crippen molar-refractivity contribution in [1.82, 2.24) is 0 Å². The van der Waals surface area contributed by atoms with Crippen LogP contribution in [0.4, 0.5) is 0 Å². The van der Waals surface area contributed by atoms with E-state index in [9.17, 15) is 71.2 Å². The second-order valence-corrected chi connectivity index (χ2v) is 25.9. The lowest BCUT2D eigenvalue weighted by Gasteiger charge is -2.71. The molecule has 430 valence electrons. The van der Waals surface area contributed by atoms with Crippen LogP contribution in [0.2, 0.25) is 0 Å². The summed E-state index contributed by atoms with van der Waals surface area (Å²) in [6.07, 6.45) is -20.5. The monoisotopic (exact) mass is 1070 g/mol. The van der Waals surface area contributed by atoms with E-state index in [4.69, 9.17) is 37.9 Å². The lowest BCUT2D eigenvalue weighted by Crippen LogP contribution is -2.66. The van der Waals surface area contributed by atoms with E-state index in [0.717, 1.165) is 44.9 Å². The van der Waals surface area contributed by atoms with Crippen LogP contribution in [-0.2, 0) is 42.7 Å². The van der Waals surface area contributed by atoms with E-state index in [0.29, 0.717) is 19.3 Å². The standard InChI is InChI=1S/C53H86O22/c1-48(2)14-16-53(47(67)75-46-42(66)36(60)33(57)26(19-54)71-46)17-15-51(6)23(24(53)18-48)8-9-30-50(5)12-11-31(49(3,4)29(50)10-13-52(30,51)7)74-45-41(65)38(62)35(59)28(73-45)22-70-44-40(64)37(61)34(58)27(72-44)21-69-43-39(63)32(56)25(55)20-68-43/h8,24-46,54-66H,9-22H2,1-7H3. The van der Waals surface area contributed by atoms with Crippen molar-refractivity contribution in [2.75, 3.05) is 26.4 Å². The van der Waals surface area contributed by atoms with Crippen LogP contribution >= 0.6 is 0 Å². The van der Waals surface area contributed by atoms with Crippen LogP contribution in [0.1, 0.15) is 113 Å². The highest BCUT2D eigenvalue weighted by Gasteiger charge is 2.70. The average Bonchev–Trinajstić information content (AvgIpc) is 3.36. The van der Waals surface area contributed by atoms with Gasteiger partial charge < -0.3 is 104 Å². The van der Waals surface area contributed by atoms with Crippen molar-refractivity contribution in [2.45, 2.75) is 235 Å². The molecular weight excluding hydrogens is 989 g/mol. The summed E-state index contributed by atoms with van der Waals surface area (Å²) in [4.78, 5) is 14.7. The quantitative estimate of drug-likeness (QED) is 0.0643. The smallest absolute Gasteiger partial charge is 0.315 e. The summed E-state index contributed by atoms with van der Waals surface area (Å²) < 4.78 is 46.8. The van der Waals surface area contributed by atoms with Crippen molar-refractivity contribution in [3.8, 4) is 0 Å². The largest absolute Gasteiger partial charge is 0.432 e. The minimum Gasteiger partial charge on any atom is -0.432 e. The molecular formula is C53H86O22. The Kier molecular flexibility index (Phi) is 16.3. The van der Waals surface area contributed by atoms with Crippen molar-refractivity contribution < 1.29 is 109 Å². The Balaban J connectivity index is 0.875. The van der Waals surface area contributed by atoms with Crippen molar-refractivity contribution in [2.24, 2.45) is 50.2 Å². The molecule has 0 bridgehead atoms. The topological polar surface area (TPSA) is 354 Å². The van der Waals surface area contributed by atoms with Crippen LogP contribution in [0.3, 0.4) is 0 Å². The number of hydrogen-bond acceptors (Lipinski definition) is 22. The predicted molar refractivity (Wildman–Crippen MR) is 257 cm³/mol. The van der Waals surface area contributed by atoms with E-state index < -0.39 is 159 Å². The zero-order valence-electron chi connectivity index (χ0n) is 44.2. The molecule has 5 aliphatic carbocycles. The molecule has 0 aromatic carbocycles. The van der Waals surface area contributed by atoms with Crippen molar-refractivity contribution in [1.29, 1.82) is 0 Å². The zero-order chi connectivity index (χ0) is 54.7. The van der Waals surface area contributed by atoms with Gasteiger partial charge in [-0.3, -0.25) is 4.79 Å². The zero-order valence-corrected chi connectivity index (χ0v) is 44.2. The van der Waals surface area contributed by atoms with E-state index in [1.807, 2.05) is 0 Å². The number of aliphatic hydroxyl groups is 13. The molecule has 9 rings (SSSR count). The van der Waals surface area contributed by atoms with Crippen molar-refractivity contribution in [3.05, 3.63) is 11.6 Å². The molecule has 0 amide bonds. The first-order valence-corrected chi connectivity index (χ1v) is 27.2. The molecule has 8 fully saturated rings. The minimum atomic E-state index is -1.80. The molecule has 4 saturated carbocycles. The summed E-state index contributed by atoms with van der Waals surface area (Å²) in [5.74, 6) is -0.267. The molecule has 27 atom stereocenters. The van der Waals surface area contributed by atoms with Gasteiger partial charge in [0.05, 0.1) is 37.9 Å². The van der Waals surface area contributed by atoms with Crippen LogP contribution in [-0.4, -0.2) is 222 Å². The Labute approximate surface area is 437 Å². The number of aliphatic hydroxyl groups excluding tert-OH is 13. The van der Waals surface area contributed by atoms with Crippen molar-refractivity contribution in [3.63, 3.8) is 0 Å². The Hall–Kier alpha value is -1.59. The van der Waals surface area contributed by atoms with Gasteiger partial charge in [0, 0.05) is 0 Å². The maximum atomic E-state index is 14.7. The van der Waals surface area contributed by atoms with Gasteiger partial charge in [-0.1, -0.05) is 60.1 Å². The normalized spacial score (nSPS) is 53.5. The highest BCUT2D eigenvalue weighted by atomic mass is 16.7. The summed E-state index contributed by atoms with van der Waals surface area (Å²) in [5, 5.41) is 138. The van der Waals surface area contributed by atoms with E-state index in [1.165, 1.54) is 5.57 Å². The van der Waals surface area contributed by atoms with Crippen LogP contribution in [0.15, 0.2) is 11.6 Å². The summed E-state index contributed by atoms with van der Waals surface area (Å²) >= 11 is 0. The molecule has 4 saturated heterocycles. The molecule has 4 aliphatic heterocycles. The summed E-state index contributed by atoms with van der Waals surface area (Å²) in [7, 11) is 0. The molecule has 0 aromatic heterocycles. The minimum absolute atomic E-state index is 0.0748. The fraction of sp³-hybridized carbons (Fsp3) is 0.943. The van der Waals surface area contributed by atoms with Gasteiger partial charge in [-0.25, -0.2) is 0 Å². The van der Waals surface area contributed by atoms with Gasteiger partial charge in [-0.2, -0.15) is 0 Å². The Morgan fingerprint density at radius 3 is 1.77 bits per heavy atom. The second-order valence-electron chi connectivity index (χ2n) is 25.9. The number of ether oxygens (including phenoxy) is 8. The molecule has 4 heterocycles. The molecule has 0 aromatic rings. The van der Waals surface area contributed by atoms with E-state index in [2.05, 4.69) is 54.5 Å². The Morgan fingerprint density at radius 2 is 1.13 bits per heavy atom. The lowest BCUT2D eigenvalue weighted by atomic mass is 9.33. The number of rotatable bonds is 11. The van der Waals surface area contributed by atoms with Gasteiger partial charge in [0.25, 0.3) is 0 Å². The second kappa shape index (κ2) is 21.1. The van der Waals surface area contributed by atoms with E-state index >= 15 is 0 Å². The van der Waals surface area contributed by atoms with Crippen molar-refractivity contribution >= 4 is 5.97 Å². The number of hydrogen-bond donors (Lipinski definition) is 13. The highest BCUT2D eigenvalue weighted by molar-refractivity contribution is 5.79. The van der Waals surface area contributed by atoms with Gasteiger partial charge in [0.2, 0.25) is 6.29 Å². The first-order valence-electron chi connectivity index (χ1n) is 27.2. The summed E-state index contributed by atoms with van der Waals surface area (Å²) in [6, 6.07) is 0. The van der Waals surface area contributed by atoms with Gasteiger partial charge in [-0.15, -0.1) is 0 Å². The number of esters is 1. The molecule has 22 nitrogen and oxygen atoms in total. The maximum absolute atomic E-state index is 14.7. The predicted octanol–water partition coefficient (Wildman–Crippen LogP) is -1.40. The lowest BCUT2D eigenvalue weighted by molar-refractivity contribution is -0.348. The average molecular weight is 1080 g/mol. The van der Waals surface area contributed by atoms with E-state index in [1.54, 1.807) is 0 Å². The van der Waals surface area contributed by atoms with Gasteiger partial charge in [-0.05, 0) is 109 Å². The SMILES string of the molecule is CC1(C)CCC2(C(=O)OC3OC(CO)C(O)C(O)C3O)CCC3(C)C(=CCC4C5(C)CCC(OC6OC(COC7OC(COC8OCC(O)C(O)C8O)C(O)C(O)C7O)C(O)C(O)C6O)C(C)(C)C5CCC43C)C2C1. The van der Waals surface area contributed by atoms with Crippen LogP contribution in [0.25, 0.3) is 0 Å². The molecule has 22 heteroatoms. The molecule has 75 heavy (non-hydrogen) atoms. The Bertz CT molecular complexity index is 2060. The third kappa shape index (κ3) is 9.70. The van der Waals surface area contributed by atoms with Gasteiger partial charge in [0.1, 0.15) is 91.6 Å². The van der Waals surface area contributed by atoms with Crippen LogP contribution in [0, 0.1) is 50.2 Å². The highest BCUT2D eigenvalue weighted by Crippen LogP contribution is 2.76. The third-order valence-electron chi connectivity index (χ3n) is 21.0.